The molecule has 1 heterocycles. The van der Waals surface area contributed by atoms with Crippen molar-refractivity contribution in [3.8, 4) is 0 Å². The van der Waals surface area contributed by atoms with Gasteiger partial charge >= 0.3 is 0 Å². The van der Waals surface area contributed by atoms with Crippen molar-refractivity contribution in [3.05, 3.63) is 23.6 Å². The lowest BCUT2D eigenvalue weighted by Gasteiger charge is -2.11. The fourth-order valence-corrected chi connectivity index (χ4v) is 0.840. The van der Waals surface area contributed by atoms with E-state index in [0.717, 1.165) is 5.69 Å². The minimum Gasteiger partial charge on any atom is -0.360 e. The van der Waals surface area contributed by atoms with E-state index in [0.29, 0.717) is 5.82 Å². The molecule has 0 spiro atoms. The number of hydrogen-bond donors (Lipinski definition) is 0. The third-order valence-electron chi connectivity index (χ3n) is 1.39. The molecule has 0 aliphatic heterocycles. The normalized spacial score (nSPS) is 9.82. The number of hydrogen-bond acceptors (Lipinski definition) is 2. The Morgan fingerprint density at radius 3 is 2.45 bits per heavy atom. The Hall–Kier alpha value is -1.12. The minimum absolute atomic E-state index is 0.277. The highest BCUT2D eigenvalue weighted by atomic mass is 19.1. The molecule has 0 fully saturated rings. The zero-order valence-electron chi connectivity index (χ0n) is 6.93. The van der Waals surface area contributed by atoms with E-state index in [9.17, 15) is 4.39 Å². The molecule has 1 rings (SSSR count). The molecule has 1 aromatic heterocycles. The largest absolute Gasteiger partial charge is 0.360 e. The summed E-state index contributed by atoms with van der Waals surface area (Å²) in [5.41, 5.74) is 0.829. The maximum absolute atomic E-state index is 12.9. The summed E-state index contributed by atoms with van der Waals surface area (Å²) in [6.45, 7) is 1.84. The summed E-state index contributed by atoms with van der Waals surface area (Å²) in [5.74, 6) is 0.116. The van der Waals surface area contributed by atoms with Crippen LogP contribution in [0.2, 0.25) is 0 Å². The molecule has 2 nitrogen and oxygen atoms in total. The number of aromatic nitrogens is 1. The van der Waals surface area contributed by atoms with Crippen molar-refractivity contribution in [1.29, 1.82) is 0 Å². The van der Waals surface area contributed by atoms with Crippen molar-refractivity contribution in [2.24, 2.45) is 0 Å². The molecule has 0 saturated heterocycles. The first-order valence-electron chi connectivity index (χ1n) is 3.41. The zero-order valence-corrected chi connectivity index (χ0v) is 6.93. The van der Waals surface area contributed by atoms with Crippen molar-refractivity contribution in [2.75, 3.05) is 19.0 Å². The van der Waals surface area contributed by atoms with Gasteiger partial charge in [-0.3, -0.25) is 0 Å². The maximum Gasteiger partial charge on any atom is 0.165 e. The Morgan fingerprint density at radius 1 is 1.36 bits per heavy atom. The third kappa shape index (κ3) is 1.67. The van der Waals surface area contributed by atoms with Crippen LogP contribution in [0.4, 0.5) is 10.2 Å². The van der Waals surface area contributed by atoms with Gasteiger partial charge in [-0.05, 0) is 19.1 Å². The summed E-state index contributed by atoms with van der Waals surface area (Å²) in [5, 5.41) is 0. The highest BCUT2D eigenvalue weighted by Crippen LogP contribution is 2.13. The van der Waals surface area contributed by atoms with E-state index in [-0.39, 0.29) is 5.82 Å². The van der Waals surface area contributed by atoms with Crippen LogP contribution in [0.5, 0.6) is 0 Å². The van der Waals surface area contributed by atoms with E-state index in [1.54, 1.807) is 25.1 Å². The standard InChI is InChI=1S/C8H11FN2/c1-6-4-5-7(9)8(10-6)11(2)3/h4-5H,1-3H3. The lowest BCUT2D eigenvalue weighted by molar-refractivity contribution is 0.618. The summed E-state index contributed by atoms with van der Waals surface area (Å²) < 4.78 is 12.9. The maximum atomic E-state index is 12.9. The van der Waals surface area contributed by atoms with Crippen molar-refractivity contribution < 1.29 is 4.39 Å². The molecular formula is C8H11FN2. The Bertz CT molecular complexity index is 258. The zero-order chi connectivity index (χ0) is 8.43. The van der Waals surface area contributed by atoms with E-state index in [1.165, 1.54) is 6.07 Å². The van der Waals surface area contributed by atoms with Crippen LogP contribution in [0, 0.1) is 12.7 Å². The van der Waals surface area contributed by atoms with Crippen LogP contribution in [-0.4, -0.2) is 19.1 Å². The molecule has 0 bridgehead atoms. The summed E-state index contributed by atoms with van der Waals surface area (Å²) in [7, 11) is 3.54. The minimum atomic E-state index is -0.277. The smallest absolute Gasteiger partial charge is 0.165 e. The van der Waals surface area contributed by atoms with Crippen LogP contribution in [-0.2, 0) is 0 Å². The van der Waals surface area contributed by atoms with Gasteiger partial charge in [-0.1, -0.05) is 0 Å². The molecular weight excluding hydrogens is 143 g/mol. The lowest BCUT2D eigenvalue weighted by Crippen LogP contribution is -2.12. The van der Waals surface area contributed by atoms with Gasteiger partial charge in [-0.2, -0.15) is 0 Å². The van der Waals surface area contributed by atoms with Crippen LogP contribution in [0.25, 0.3) is 0 Å². The third-order valence-corrected chi connectivity index (χ3v) is 1.39. The van der Waals surface area contributed by atoms with E-state index >= 15 is 0 Å². The van der Waals surface area contributed by atoms with Gasteiger partial charge < -0.3 is 4.90 Å². The molecule has 0 amide bonds. The average molecular weight is 154 g/mol. The summed E-state index contributed by atoms with van der Waals surface area (Å²) in [4.78, 5) is 5.68. The monoisotopic (exact) mass is 154 g/mol. The Kier molecular flexibility index (Phi) is 2.08. The van der Waals surface area contributed by atoms with E-state index in [1.807, 2.05) is 6.92 Å². The molecule has 3 heteroatoms. The van der Waals surface area contributed by atoms with Crippen molar-refractivity contribution in [3.63, 3.8) is 0 Å². The molecule has 0 radical (unpaired) electrons. The van der Waals surface area contributed by atoms with Gasteiger partial charge in [0.15, 0.2) is 11.6 Å². The molecule has 0 aliphatic carbocycles. The fourth-order valence-electron chi connectivity index (χ4n) is 0.840. The van der Waals surface area contributed by atoms with Gasteiger partial charge in [-0.15, -0.1) is 0 Å². The molecule has 0 aliphatic rings. The number of aryl methyl sites for hydroxylation is 1. The highest BCUT2D eigenvalue weighted by Gasteiger charge is 2.04. The number of rotatable bonds is 1. The van der Waals surface area contributed by atoms with Gasteiger partial charge in [0.05, 0.1) is 0 Å². The fraction of sp³-hybridized carbons (Fsp3) is 0.375. The van der Waals surface area contributed by atoms with E-state index < -0.39 is 0 Å². The first-order valence-corrected chi connectivity index (χ1v) is 3.41. The Balaban J connectivity index is 3.13. The van der Waals surface area contributed by atoms with Gasteiger partial charge in [0.25, 0.3) is 0 Å². The molecule has 0 aromatic carbocycles. The van der Waals surface area contributed by atoms with Crippen LogP contribution in [0.1, 0.15) is 5.69 Å². The molecule has 60 valence electrons. The second-order valence-electron chi connectivity index (χ2n) is 2.65. The molecule has 1 aromatic rings. The Morgan fingerprint density at radius 2 is 2.00 bits per heavy atom. The number of pyridine rings is 1. The molecule has 0 atom stereocenters. The van der Waals surface area contributed by atoms with Gasteiger partial charge in [-0.25, -0.2) is 9.37 Å². The number of anilines is 1. The van der Waals surface area contributed by atoms with E-state index in [4.69, 9.17) is 0 Å². The second kappa shape index (κ2) is 2.86. The SMILES string of the molecule is Cc1ccc(F)c(N(C)C)n1. The van der Waals surface area contributed by atoms with Crippen molar-refractivity contribution in [1.82, 2.24) is 4.98 Å². The van der Waals surface area contributed by atoms with Crippen LogP contribution >= 0.6 is 0 Å². The second-order valence-corrected chi connectivity index (χ2v) is 2.65. The molecule has 0 saturated carbocycles. The molecule has 0 unspecified atom stereocenters. The number of nitrogens with zero attached hydrogens (tertiary/aromatic N) is 2. The predicted octanol–water partition coefficient (Wildman–Crippen LogP) is 1.60. The van der Waals surface area contributed by atoms with Crippen molar-refractivity contribution >= 4 is 5.82 Å². The van der Waals surface area contributed by atoms with Crippen LogP contribution < -0.4 is 4.90 Å². The topological polar surface area (TPSA) is 16.1 Å². The van der Waals surface area contributed by atoms with Crippen molar-refractivity contribution in [2.45, 2.75) is 6.92 Å². The quantitative estimate of drug-likeness (QED) is 0.610. The molecule has 11 heavy (non-hydrogen) atoms. The average Bonchev–Trinajstić information content (AvgIpc) is 1.94. The van der Waals surface area contributed by atoms with E-state index in [2.05, 4.69) is 4.98 Å². The summed E-state index contributed by atoms with van der Waals surface area (Å²) in [6.07, 6.45) is 0. The van der Waals surface area contributed by atoms with Crippen LogP contribution in [0.3, 0.4) is 0 Å². The van der Waals surface area contributed by atoms with Gasteiger partial charge in [0, 0.05) is 19.8 Å². The summed E-state index contributed by atoms with van der Waals surface area (Å²) >= 11 is 0. The van der Waals surface area contributed by atoms with Gasteiger partial charge in [0.1, 0.15) is 0 Å². The number of halogens is 1. The first kappa shape index (κ1) is 7.98. The summed E-state index contributed by atoms with van der Waals surface area (Å²) in [6, 6.07) is 3.08. The molecule has 0 N–H and O–H groups in total. The first-order chi connectivity index (χ1) is 5.11. The predicted molar refractivity (Wildman–Crippen MR) is 43.3 cm³/mol. The lowest BCUT2D eigenvalue weighted by atomic mass is 10.3. The van der Waals surface area contributed by atoms with Crippen LogP contribution in [0.15, 0.2) is 12.1 Å². The van der Waals surface area contributed by atoms with Gasteiger partial charge in [0.2, 0.25) is 0 Å². The highest BCUT2D eigenvalue weighted by molar-refractivity contribution is 5.38. The Labute approximate surface area is 65.7 Å².